The van der Waals surface area contributed by atoms with Crippen molar-refractivity contribution in [2.75, 3.05) is 20.8 Å². The molecule has 2 rings (SSSR count). The van der Waals surface area contributed by atoms with Crippen molar-refractivity contribution < 1.29 is 14.3 Å². The van der Waals surface area contributed by atoms with Gasteiger partial charge in [0.2, 0.25) is 0 Å². The van der Waals surface area contributed by atoms with Crippen LogP contribution in [0.15, 0.2) is 23.1 Å². The maximum Gasteiger partial charge on any atom is 0.266 e. The van der Waals surface area contributed by atoms with E-state index in [1.54, 1.807) is 25.2 Å². The smallest absolute Gasteiger partial charge is 0.266 e. The number of benzene rings is 1. The molecular weight excluding hydrogens is 294 g/mol. The molecule has 0 aromatic heterocycles. The van der Waals surface area contributed by atoms with Gasteiger partial charge >= 0.3 is 0 Å². The van der Waals surface area contributed by atoms with Crippen molar-refractivity contribution >= 4 is 40.3 Å². The molecule has 1 aliphatic rings. The number of thiocarbonyl (C=S) groups is 1. The SMILES string of the molecule is CCN1C(=O)/C(=C/c2cccc(OC)c2OC)SC1=S. The van der Waals surface area contributed by atoms with Crippen molar-refractivity contribution in [3.63, 3.8) is 0 Å². The van der Waals surface area contributed by atoms with Crippen molar-refractivity contribution in [1.82, 2.24) is 4.90 Å². The fraction of sp³-hybridized carbons (Fsp3) is 0.286. The zero-order valence-corrected chi connectivity index (χ0v) is 13.1. The predicted molar refractivity (Wildman–Crippen MR) is 85.1 cm³/mol. The molecule has 1 fully saturated rings. The quantitative estimate of drug-likeness (QED) is 0.631. The van der Waals surface area contributed by atoms with Crippen molar-refractivity contribution in [3.8, 4) is 11.5 Å². The highest BCUT2D eigenvalue weighted by Crippen LogP contribution is 2.37. The van der Waals surface area contributed by atoms with Crippen LogP contribution in [0.25, 0.3) is 6.08 Å². The second kappa shape index (κ2) is 6.28. The van der Waals surface area contributed by atoms with E-state index in [2.05, 4.69) is 0 Å². The first-order valence-electron chi connectivity index (χ1n) is 6.08. The van der Waals surface area contributed by atoms with E-state index in [0.29, 0.717) is 27.3 Å². The first-order chi connectivity index (χ1) is 9.62. The molecule has 0 saturated carbocycles. The van der Waals surface area contributed by atoms with Gasteiger partial charge in [0.1, 0.15) is 4.32 Å². The van der Waals surface area contributed by atoms with Gasteiger partial charge in [-0.3, -0.25) is 9.69 Å². The zero-order valence-electron chi connectivity index (χ0n) is 11.5. The molecule has 0 unspecified atom stereocenters. The van der Waals surface area contributed by atoms with Crippen LogP contribution in [0.2, 0.25) is 0 Å². The van der Waals surface area contributed by atoms with Crippen LogP contribution in [0.4, 0.5) is 0 Å². The fourth-order valence-corrected chi connectivity index (χ4v) is 3.31. The molecule has 1 heterocycles. The number of likely N-dealkylation sites (N-methyl/N-ethyl adjacent to an activating group) is 1. The Morgan fingerprint density at radius 2 is 2.10 bits per heavy atom. The number of rotatable bonds is 4. The highest BCUT2D eigenvalue weighted by molar-refractivity contribution is 8.26. The van der Waals surface area contributed by atoms with Crippen molar-refractivity contribution in [2.45, 2.75) is 6.92 Å². The Morgan fingerprint density at radius 1 is 1.35 bits per heavy atom. The predicted octanol–water partition coefficient (Wildman–Crippen LogP) is 2.92. The van der Waals surface area contributed by atoms with Crippen molar-refractivity contribution in [1.29, 1.82) is 0 Å². The molecule has 4 nitrogen and oxygen atoms in total. The van der Waals surface area contributed by atoms with Crippen LogP contribution < -0.4 is 9.47 Å². The lowest BCUT2D eigenvalue weighted by atomic mass is 10.1. The number of amides is 1. The van der Waals surface area contributed by atoms with Gasteiger partial charge in [0.25, 0.3) is 5.91 Å². The van der Waals surface area contributed by atoms with Crippen LogP contribution in [0, 0.1) is 0 Å². The Kier molecular flexibility index (Phi) is 4.67. The first-order valence-corrected chi connectivity index (χ1v) is 7.31. The number of carbonyl (C=O) groups excluding carboxylic acids is 1. The molecule has 1 aromatic carbocycles. The van der Waals surface area contributed by atoms with Gasteiger partial charge in [-0.25, -0.2) is 0 Å². The number of hydrogen-bond donors (Lipinski definition) is 0. The minimum absolute atomic E-state index is 0.0626. The molecule has 6 heteroatoms. The Balaban J connectivity index is 2.42. The summed E-state index contributed by atoms with van der Waals surface area (Å²) in [6.45, 7) is 2.48. The molecule has 106 valence electrons. The summed E-state index contributed by atoms with van der Waals surface area (Å²) in [7, 11) is 3.16. The molecule has 1 saturated heterocycles. The van der Waals surface area contributed by atoms with Gasteiger partial charge in [-0.1, -0.05) is 36.1 Å². The van der Waals surface area contributed by atoms with E-state index in [-0.39, 0.29) is 5.91 Å². The number of thioether (sulfide) groups is 1. The molecule has 0 bridgehead atoms. The van der Waals surface area contributed by atoms with Gasteiger partial charge in [-0.15, -0.1) is 0 Å². The van der Waals surface area contributed by atoms with Gasteiger partial charge < -0.3 is 9.47 Å². The van der Waals surface area contributed by atoms with E-state index < -0.39 is 0 Å². The molecule has 0 aliphatic carbocycles. The molecule has 1 aromatic rings. The van der Waals surface area contributed by atoms with Crippen LogP contribution in [-0.2, 0) is 4.79 Å². The minimum Gasteiger partial charge on any atom is -0.493 e. The molecule has 0 N–H and O–H groups in total. The summed E-state index contributed by atoms with van der Waals surface area (Å²) in [4.78, 5) is 14.4. The maximum absolute atomic E-state index is 12.2. The Bertz CT molecular complexity index is 584. The van der Waals surface area contributed by atoms with E-state index in [1.807, 2.05) is 25.1 Å². The number of para-hydroxylation sites is 1. The average molecular weight is 309 g/mol. The molecular formula is C14H15NO3S2. The lowest BCUT2D eigenvalue weighted by Gasteiger charge is -2.11. The van der Waals surface area contributed by atoms with Crippen LogP contribution in [0.3, 0.4) is 0 Å². The number of methoxy groups -OCH3 is 2. The Morgan fingerprint density at radius 3 is 2.65 bits per heavy atom. The largest absolute Gasteiger partial charge is 0.493 e. The zero-order chi connectivity index (χ0) is 14.7. The highest BCUT2D eigenvalue weighted by atomic mass is 32.2. The third-order valence-corrected chi connectivity index (χ3v) is 4.29. The summed E-state index contributed by atoms with van der Waals surface area (Å²) in [6, 6.07) is 5.54. The molecule has 0 radical (unpaired) electrons. The van der Waals surface area contributed by atoms with E-state index in [4.69, 9.17) is 21.7 Å². The number of hydrogen-bond acceptors (Lipinski definition) is 5. The third-order valence-electron chi connectivity index (χ3n) is 2.91. The van der Waals surface area contributed by atoms with Crippen LogP contribution >= 0.6 is 24.0 Å². The van der Waals surface area contributed by atoms with Gasteiger partial charge in [0, 0.05) is 12.1 Å². The average Bonchev–Trinajstić information content (AvgIpc) is 2.72. The molecule has 1 aliphatic heterocycles. The minimum atomic E-state index is -0.0626. The summed E-state index contributed by atoms with van der Waals surface area (Å²) in [6.07, 6.45) is 1.79. The normalized spacial score (nSPS) is 16.9. The third kappa shape index (κ3) is 2.66. The van der Waals surface area contributed by atoms with Gasteiger partial charge in [-0.05, 0) is 19.1 Å². The van der Waals surface area contributed by atoms with E-state index >= 15 is 0 Å². The van der Waals surface area contributed by atoms with E-state index in [0.717, 1.165) is 5.56 Å². The first kappa shape index (κ1) is 14.9. The summed E-state index contributed by atoms with van der Waals surface area (Å²) in [5.74, 6) is 1.18. The second-order valence-corrected chi connectivity index (χ2v) is 5.68. The maximum atomic E-state index is 12.2. The topological polar surface area (TPSA) is 38.8 Å². The van der Waals surface area contributed by atoms with Crippen molar-refractivity contribution in [2.24, 2.45) is 0 Å². The summed E-state index contributed by atoms with van der Waals surface area (Å²) in [5.41, 5.74) is 0.795. The summed E-state index contributed by atoms with van der Waals surface area (Å²) in [5, 5.41) is 0. The standard InChI is InChI=1S/C14H15NO3S2/c1-4-15-13(16)11(20-14(15)19)8-9-6-5-7-10(17-2)12(9)18-3/h5-8H,4H2,1-3H3/b11-8-. The summed E-state index contributed by atoms with van der Waals surface area (Å²) < 4.78 is 11.2. The Labute approximate surface area is 127 Å². The molecule has 1 amide bonds. The van der Waals surface area contributed by atoms with E-state index in [1.165, 1.54) is 11.8 Å². The lowest BCUT2D eigenvalue weighted by Crippen LogP contribution is -2.27. The lowest BCUT2D eigenvalue weighted by molar-refractivity contribution is -0.121. The van der Waals surface area contributed by atoms with Crippen molar-refractivity contribution in [3.05, 3.63) is 28.7 Å². The molecule has 0 spiro atoms. The Hall–Kier alpha value is -1.53. The molecule has 0 atom stereocenters. The van der Waals surface area contributed by atoms with Gasteiger partial charge in [-0.2, -0.15) is 0 Å². The van der Waals surface area contributed by atoms with Crippen LogP contribution in [0.5, 0.6) is 11.5 Å². The fourth-order valence-electron chi connectivity index (χ4n) is 1.94. The van der Waals surface area contributed by atoms with E-state index in [9.17, 15) is 4.79 Å². The van der Waals surface area contributed by atoms with Gasteiger partial charge in [0.15, 0.2) is 11.5 Å². The van der Waals surface area contributed by atoms with Gasteiger partial charge in [0.05, 0.1) is 19.1 Å². The number of carbonyl (C=O) groups is 1. The number of ether oxygens (including phenoxy) is 2. The van der Waals surface area contributed by atoms with Crippen LogP contribution in [-0.4, -0.2) is 35.9 Å². The monoisotopic (exact) mass is 309 g/mol. The summed E-state index contributed by atoms with van der Waals surface area (Å²) >= 11 is 6.50. The number of nitrogens with zero attached hydrogens (tertiary/aromatic N) is 1. The van der Waals surface area contributed by atoms with Crippen LogP contribution in [0.1, 0.15) is 12.5 Å². The highest BCUT2D eigenvalue weighted by Gasteiger charge is 2.30. The molecule has 20 heavy (non-hydrogen) atoms. The second-order valence-electron chi connectivity index (χ2n) is 4.01.